The summed E-state index contributed by atoms with van der Waals surface area (Å²) in [5.74, 6) is -1.82. The fourth-order valence-electron chi connectivity index (χ4n) is 1.95. The number of amides is 1. The van der Waals surface area contributed by atoms with Crippen LogP contribution in [0.2, 0.25) is 5.02 Å². The lowest BCUT2D eigenvalue weighted by Gasteiger charge is -2.02. The molecule has 0 saturated heterocycles. The van der Waals surface area contributed by atoms with Gasteiger partial charge in [0.25, 0.3) is 0 Å². The number of aromatic nitrogens is 1. The average Bonchev–Trinajstić information content (AvgIpc) is 3.05. The van der Waals surface area contributed by atoms with Crippen molar-refractivity contribution in [3.63, 3.8) is 0 Å². The van der Waals surface area contributed by atoms with Gasteiger partial charge in [0.15, 0.2) is 16.8 Å². The lowest BCUT2D eigenvalue weighted by atomic mass is 10.2. The average molecular weight is 397 g/mol. The summed E-state index contributed by atoms with van der Waals surface area (Å²) in [7, 11) is 0. The normalized spacial score (nSPS) is 10.7. The number of rotatable bonds is 5. The molecule has 3 nitrogen and oxygen atoms in total. The summed E-state index contributed by atoms with van der Waals surface area (Å²) >= 11 is 8.41. The highest BCUT2D eigenvalue weighted by atomic mass is 35.5. The van der Waals surface area contributed by atoms with E-state index in [2.05, 4.69) is 10.3 Å². The largest absolute Gasteiger partial charge is 0.301 e. The van der Waals surface area contributed by atoms with E-state index < -0.39 is 11.6 Å². The lowest BCUT2D eigenvalue weighted by Crippen LogP contribution is -2.13. The number of thioether (sulfide) groups is 1. The number of halogens is 3. The van der Waals surface area contributed by atoms with Gasteiger partial charge < -0.3 is 5.32 Å². The highest BCUT2D eigenvalue weighted by Crippen LogP contribution is 2.26. The van der Waals surface area contributed by atoms with Gasteiger partial charge in [0.2, 0.25) is 5.91 Å². The zero-order valence-corrected chi connectivity index (χ0v) is 15.0. The molecular formula is C17H11ClF2N2OS2. The molecule has 0 unspecified atom stereocenters. The van der Waals surface area contributed by atoms with E-state index in [0.717, 1.165) is 17.0 Å². The minimum atomic E-state index is -0.935. The van der Waals surface area contributed by atoms with E-state index in [0.29, 0.717) is 21.4 Å². The van der Waals surface area contributed by atoms with Gasteiger partial charge in [-0.15, -0.1) is 23.1 Å². The van der Waals surface area contributed by atoms with Crippen molar-refractivity contribution in [3.8, 4) is 11.3 Å². The molecule has 1 heterocycles. The van der Waals surface area contributed by atoms with Crippen molar-refractivity contribution < 1.29 is 13.6 Å². The number of nitrogens with one attached hydrogen (secondary N) is 1. The van der Waals surface area contributed by atoms with Crippen LogP contribution >= 0.6 is 34.7 Å². The van der Waals surface area contributed by atoms with Crippen molar-refractivity contribution >= 4 is 45.7 Å². The Morgan fingerprint density at radius 1 is 1.16 bits per heavy atom. The standard InChI is InChI=1S/C17H11ClF2N2OS2/c18-11-2-4-12(5-3-11)24-9-16(23)22-17-21-15(8-25-17)10-1-6-13(19)14(20)7-10/h1-8H,9H2,(H,21,22,23). The first-order chi connectivity index (χ1) is 12.0. The van der Waals surface area contributed by atoms with E-state index in [1.807, 2.05) is 12.1 Å². The van der Waals surface area contributed by atoms with Gasteiger partial charge in [0.1, 0.15) is 0 Å². The molecule has 1 amide bonds. The van der Waals surface area contributed by atoms with Crippen LogP contribution in [-0.2, 0) is 4.79 Å². The molecular weight excluding hydrogens is 386 g/mol. The van der Waals surface area contributed by atoms with Gasteiger partial charge in [0, 0.05) is 20.9 Å². The maximum absolute atomic E-state index is 13.3. The first-order valence-electron chi connectivity index (χ1n) is 7.10. The Bertz CT molecular complexity index is 900. The third-order valence-corrected chi connectivity index (χ3v) is 5.17. The Morgan fingerprint density at radius 2 is 1.92 bits per heavy atom. The summed E-state index contributed by atoms with van der Waals surface area (Å²) in [6.07, 6.45) is 0. The molecule has 0 saturated carbocycles. The zero-order chi connectivity index (χ0) is 17.8. The Labute approximate surface area is 156 Å². The molecule has 0 fully saturated rings. The maximum Gasteiger partial charge on any atom is 0.236 e. The van der Waals surface area contributed by atoms with Crippen molar-refractivity contribution in [2.24, 2.45) is 0 Å². The molecule has 0 spiro atoms. The fraction of sp³-hybridized carbons (Fsp3) is 0.0588. The number of thiazole rings is 1. The minimum absolute atomic E-state index is 0.203. The predicted octanol–water partition coefficient (Wildman–Crippen LogP) is 5.47. The topological polar surface area (TPSA) is 42.0 Å². The second-order valence-electron chi connectivity index (χ2n) is 4.96. The minimum Gasteiger partial charge on any atom is -0.301 e. The van der Waals surface area contributed by atoms with Crippen molar-refractivity contribution in [3.05, 3.63) is 64.5 Å². The van der Waals surface area contributed by atoms with Crippen LogP contribution in [0.5, 0.6) is 0 Å². The van der Waals surface area contributed by atoms with E-state index in [4.69, 9.17) is 11.6 Å². The van der Waals surface area contributed by atoms with E-state index in [9.17, 15) is 13.6 Å². The van der Waals surface area contributed by atoms with Crippen molar-refractivity contribution in [1.82, 2.24) is 4.98 Å². The van der Waals surface area contributed by atoms with Gasteiger partial charge in [-0.3, -0.25) is 4.79 Å². The summed E-state index contributed by atoms with van der Waals surface area (Å²) in [5, 5.41) is 5.41. The number of hydrogen-bond donors (Lipinski definition) is 1. The molecule has 0 bridgehead atoms. The van der Waals surface area contributed by atoms with Crippen LogP contribution in [0.3, 0.4) is 0 Å². The Kier molecular flexibility index (Phi) is 5.67. The molecule has 3 rings (SSSR count). The molecule has 3 aromatic rings. The number of benzene rings is 2. The number of carbonyl (C=O) groups excluding carboxylic acids is 1. The molecule has 0 radical (unpaired) electrons. The second kappa shape index (κ2) is 7.95. The fourth-order valence-corrected chi connectivity index (χ4v) is 3.51. The maximum atomic E-state index is 13.3. The van der Waals surface area contributed by atoms with Crippen molar-refractivity contribution in [2.75, 3.05) is 11.1 Å². The second-order valence-corrected chi connectivity index (χ2v) is 7.30. The molecule has 25 heavy (non-hydrogen) atoms. The van der Waals surface area contributed by atoms with Gasteiger partial charge in [0.05, 0.1) is 11.4 Å². The van der Waals surface area contributed by atoms with Crippen LogP contribution < -0.4 is 5.32 Å². The van der Waals surface area contributed by atoms with Crippen LogP contribution in [0.4, 0.5) is 13.9 Å². The molecule has 0 aliphatic carbocycles. The van der Waals surface area contributed by atoms with Gasteiger partial charge in [-0.25, -0.2) is 13.8 Å². The third kappa shape index (κ3) is 4.78. The number of hydrogen-bond acceptors (Lipinski definition) is 4. The summed E-state index contributed by atoms with van der Waals surface area (Å²) in [4.78, 5) is 17.2. The highest BCUT2D eigenvalue weighted by molar-refractivity contribution is 8.00. The van der Waals surface area contributed by atoms with Gasteiger partial charge in [-0.2, -0.15) is 0 Å². The molecule has 0 aliphatic rings. The van der Waals surface area contributed by atoms with E-state index in [1.165, 1.54) is 29.2 Å². The zero-order valence-electron chi connectivity index (χ0n) is 12.6. The van der Waals surface area contributed by atoms with E-state index in [-0.39, 0.29) is 11.7 Å². The Balaban J connectivity index is 1.59. The summed E-state index contributed by atoms with van der Waals surface area (Å²) in [6.45, 7) is 0. The quantitative estimate of drug-likeness (QED) is 0.581. The smallest absolute Gasteiger partial charge is 0.236 e. The lowest BCUT2D eigenvalue weighted by molar-refractivity contribution is -0.113. The number of carbonyl (C=O) groups is 1. The Hall–Kier alpha value is -1.96. The summed E-state index contributed by atoms with van der Waals surface area (Å²) < 4.78 is 26.3. The van der Waals surface area contributed by atoms with Gasteiger partial charge in [-0.05, 0) is 42.5 Å². The van der Waals surface area contributed by atoms with E-state index in [1.54, 1.807) is 17.5 Å². The first kappa shape index (κ1) is 17.8. The van der Waals surface area contributed by atoms with Crippen LogP contribution in [-0.4, -0.2) is 16.6 Å². The van der Waals surface area contributed by atoms with Gasteiger partial charge >= 0.3 is 0 Å². The van der Waals surface area contributed by atoms with Crippen LogP contribution in [0.25, 0.3) is 11.3 Å². The van der Waals surface area contributed by atoms with Crippen LogP contribution in [0.1, 0.15) is 0 Å². The Morgan fingerprint density at radius 3 is 2.64 bits per heavy atom. The molecule has 128 valence electrons. The van der Waals surface area contributed by atoms with Crippen LogP contribution in [0.15, 0.2) is 52.7 Å². The first-order valence-corrected chi connectivity index (χ1v) is 9.35. The third-order valence-electron chi connectivity index (χ3n) is 3.15. The van der Waals surface area contributed by atoms with Crippen molar-refractivity contribution in [1.29, 1.82) is 0 Å². The molecule has 1 N–H and O–H groups in total. The molecule has 8 heteroatoms. The molecule has 1 aromatic heterocycles. The monoisotopic (exact) mass is 396 g/mol. The summed E-state index contributed by atoms with van der Waals surface area (Å²) in [6, 6.07) is 10.8. The number of anilines is 1. The van der Waals surface area contributed by atoms with Crippen LogP contribution in [0, 0.1) is 11.6 Å². The summed E-state index contributed by atoms with van der Waals surface area (Å²) in [5.41, 5.74) is 0.927. The number of nitrogens with zero attached hydrogens (tertiary/aromatic N) is 1. The van der Waals surface area contributed by atoms with Gasteiger partial charge in [-0.1, -0.05) is 11.6 Å². The van der Waals surface area contributed by atoms with E-state index >= 15 is 0 Å². The highest BCUT2D eigenvalue weighted by Gasteiger charge is 2.10. The molecule has 2 aromatic carbocycles. The molecule has 0 aliphatic heterocycles. The predicted molar refractivity (Wildman–Crippen MR) is 98.3 cm³/mol. The van der Waals surface area contributed by atoms with Crippen molar-refractivity contribution in [2.45, 2.75) is 4.90 Å². The molecule has 0 atom stereocenters. The SMILES string of the molecule is O=C(CSc1ccc(Cl)cc1)Nc1nc(-c2ccc(F)c(F)c2)cs1.